The summed E-state index contributed by atoms with van der Waals surface area (Å²) in [5.41, 5.74) is 0. The van der Waals surface area contributed by atoms with E-state index in [1.165, 1.54) is 58.5 Å². The van der Waals surface area contributed by atoms with E-state index < -0.39 is 0 Å². The lowest BCUT2D eigenvalue weighted by Crippen LogP contribution is -2.47. The number of carbonyl (C=O) groups excluding carboxylic acids is 2. The Morgan fingerprint density at radius 2 is 1.42 bits per heavy atom. The second-order valence-electron chi connectivity index (χ2n) is 7.75. The van der Waals surface area contributed by atoms with Crippen LogP contribution in [0.5, 0.6) is 0 Å². The second-order valence-corrected chi connectivity index (χ2v) is 7.75. The van der Waals surface area contributed by atoms with Gasteiger partial charge in [0.1, 0.15) is 0 Å². The molecule has 0 aromatic carbocycles. The first-order valence-electron chi connectivity index (χ1n) is 10.0. The van der Waals surface area contributed by atoms with Gasteiger partial charge in [-0.25, -0.2) is 0 Å². The first kappa shape index (κ1) is 19.3. The molecule has 138 valence electrons. The Bertz CT molecular complexity index is 396. The van der Waals surface area contributed by atoms with Crippen LogP contribution in [0.2, 0.25) is 0 Å². The summed E-state index contributed by atoms with van der Waals surface area (Å²) in [4.78, 5) is 27.2. The van der Waals surface area contributed by atoms with Gasteiger partial charge in [0.05, 0.1) is 13.0 Å². The number of amides is 1. The van der Waals surface area contributed by atoms with E-state index >= 15 is 0 Å². The number of hydrogen-bond acceptors (Lipinski definition) is 3. The Balaban J connectivity index is 2.08. The monoisotopic (exact) mass is 337 g/mol. The average Bonchev–Trinajstić information content (AvgIpc) is 2.59. The van der Waals surface area contributed by atoms with Crippen LogP contribution >= 0.6 is 0 Å². The van der Waals surface area contributed by atoms with Gasteiger partial charge in [-0.05, 0) is 25.7 Å². The molecule has 0 aromatic rings. The molecule has 0 spiro atoms. The number of nitrogens with zero attached hydrogens (tertiary/aromatic N) is 1. The molecule has 0 aliphatic heterocycles. The fourth-order valence-corrected chi connectivity index (χ4v) is 4.32. The zero-order chi connectivity index (χ0) is 17.4. The highest BCUT2D eigenvalue weighted by Crippen LogP contribution is 2.29. The summed E-state index contributed by atoms with van der Waals surface area (Å²) in [7, 11) is 1.43. The van der Waals surface area contributed by atoms with Gasteiger partial charge in [-0.3, -0.25) is 9.59 Å². The molecule has 2 aliphatic carbocycles. The van der Waals surface area contributed by atoms with E-state index in [-0.39, 0.29) is 17.8 Å². The third-order valence-electron chi connectivity index (χ3n) is 5.83. The van der Waals surface area contributed by atoms with Crippen LogP contribution in [0.1, 0.15) is 84.0 Å². The van der Waals surface area contributed by atoms with Crippen LogP contribution < -0.4 is 0 Å². The molecule has 2 saturated carbocycles. The zero-order valence-electron chi connectivity index (χ0n) is 15.6. The smallest absolute Gasteiger partial charge is 0.310 e. The fraction of sp³-hybridized carbons (Fsp3) is 0.900. The van der Waals surface area contributed by atoms with E-state index in [0.717, 1.165) is 25.7 Å². The minimum absolute atomic E-state index is 0.175. The normalized spacial score (nSPS) is 22.2. The van der Waals surface area contributed by atoms with Gasteiger partial charge in [0.15, 0.2) is 0 Å². The Hall–Kier alpha value is -1.06. The van der Waals surface area contributed by atoms with Gasteiger partial charge in [0.2, 0.25) is 5.91 Å². The van der Waals surface area contributed by atoms with E-state index in [1.807, 2.05) is 6.92 Å². The van der Waals surface area contributed by atoms with Crippen molar-refractivity contribution in [2.75, 3.05) is 13.7 Å². The van der Waals surface area contributed by atoms with Crippen molar-refractivity contribution in [3.05, 3.63) is 0 Å². The van der Waals surface area contributed by atoms with Gasteiger partial charge in [-0.2, -0.15) is 0 Å². The predicted molar refractivity (Wildman–Crippen MR) is 95.6 cm³/mol. The molecule has 1 unspecified atom stereocenters. The molecule has 0 aromatic heterocycles. The van der Waals surface area contributed by atoms with Crippen LogP contribution in [0.15, 0.2) is 0 Å². The lowest BCUT2D eigenvalue weighted by atomic mass is 9.86. The van der Waals surface area contributed by atoms with E-state index in [2.05, 4.69) is 4.90 Å². The van der Waals surface area contributed by atoms with Crippen molar-refractivity contribution >= 4 is 11.9 Å². The molecule has 4 nitrogen and oxygen atoms in total. The van der Waals surface area contributed by atoms with Crippen LogP contribution in [0, 0.1) is 11.8 Å². The van der Waals surface area contributed by atoms with Crippen LogP contribution in [-0.2, 0) is 14.3 Å². The maximum atomic E-state index is 13.2. The molecule has 2 fully saturated rings. The summed E-state index contributed by atoms with van der Waals surface area (Å²) in [5.74, 6) is 0.0281. The molecule has 1 amide bonds. The van der Waals surface area contributed by atoms with Crippen molar-refractivity contribution in [1.29, 1.82) is 0 Å². The molecule has 0 radical (unpaired) electrons. The van der Waals surface area contributed by atoms with Crippen molar-refractivity contribution in [2.24, 2.45) is 11.8 Å². The van der Waals surface area contributed by atoms with Crippen molar-refractivity contribution in [2.45, 2.75) is 90.0 Å². The van der Waals surface area contributed by atoms with Crippen LogP contribution in [0.4, 0.5) is 0 Å². The summed E-state index contributed by atoms with van der Waals surface area (Å²) in [5, 5.41) is 0. The largest absolute Gasteiger partial charge is 0.469 e. The fourth-order valence-electron chi connectivity index (χ4n) is 4.32. The Labute approximate surface area is 147 Å². The van der Waals surface area contributed by atoms with E-state index in [0.29, 0.717) is 18.5 Å². The lowest BCUT2D eigenvalue weighted by Gasteiger charge is -2.37. The molecular weight excluding hydrogens is 302 g/mol. The minimum atomic E-state index is -0.243. The Morgan fingerprint density at radius 1 is 0.917 bits per heavy atom. The van der Waals surface area contributed by atoms with E-state index in [4.69, 9.17) is 4.74 Å². The molecule has 0 bridgehead atoms. The minimum Gasteiger partial charge on any atom is -0.469 e. The number of esters is 1. The van der Waals surface area contributed by atoms with Gasteiger partial charge in [0, 0.05) is 18.5 Å². The van der Waals surface area contributed by atoms with Crippen molar-refractivity contribution in [1.82, 2.24) is 4.90 Å². The van der Waals surface area contributed by atoms with Crippen LogP contribution in [0.3, 0.4) is 0 Å². The Morgan fingerprint density at radius 3 is 2.00 bits per heavy atom. The summed E-state index contributed by atoms with van der Waals surface area (Å²) < 4.78 is 4.89. The number of hydrogen-bond donors (Lipinski definition) is 0. The summed E-state index contributed by atoms with van der Waals surface area (Å²) in [6.07, 6.45) is 14.1. The predicted octanol–water partition coefficient (Wildman–Crippen LogP) is 4.32. The standard InChI is InChI=1S/C20H35NO3/c1-16(20(23)24-2)15-21(18-13-9-4-3-5-10-14-18)19(22)17-11-7-6-8-12-17/h16-18H,3-15H2,1-2H3. The lowest BCUT2D eigenvalue weighted by molar-refractivity contribution is -0.148. The Kier molecular flexibility index (Phi) is 8.07. The average molecular weight is 338 g/mol. The maximum absolute atomic E-state index is 13.2. The maximum Gasteiger partial charge on any atom is 0.310 e. The summed E-state index contributed by atoms with van der Waals surface area (Å²) >= 11 is 0. The highest BCUT2D eigenvalue weighted by Gasteiger charge is 2.32. The third-order valence-corrected chi connectivity index (χ3v) is 5.83. The van der Waals surface area contributed by atoms with E-state index in [1.54, 1.807) is 0 Å². The van der Waals surface area contributed by atoms with Crippen LogP contribution in [0.25, 0.3) is 0 Å². The van der Waals surface area contributed by atoms with Gasteiger partial charge < -0.3 is 9.64 Å². The molecule has 0 saturated heterocycles. The highest BCUT2D eigenvalue weighted by atomic mass is 16.5. The number of carbonyl (C=O) groups is 2. The van der Waals surface area contributed by atoms with E-state index in [9.17, 15) is 9.59 Å². The molecular formula is C20H35NO3. The van der Waals surface area contributed by atoms with Gasteiger partial charge >= 0.3 is 5.97 Å². The zero-order valence-corrected chi connectivity index (χ0v) is 15.6. The first-order valence-corrected chi connectivity index (χ1v) is 10.0. The van der Waals surface area contributed by atoms with Gasteiger partial charge in [-0.15, -0.1) is 0 Å². The number of methoxy groups -OCH3 is 1. The molecule has 4 heteroatoms. The molecule has 2 rings (SSSR count). The second kappa shape index (κ2) is 10.0. The van der Waals surface area contributed by atoms with Crippen molar-refractivity contribution in [3.8, 4) is 0 Å². The molecule has 1 atom stereocenters. The van der Waals surface area contributed by atoms with Crippen molar-refractivity contribution in [3.63, 3.8) is 0 Å². The number of rotatable bonds is 5. The van der Waals surface area contributed by atoms with Crippen LogP contribution in [-0.4, -0.2) is 36.5 Å². The molecule has 0 N–H and O–H groups in total. The molecule has 2 aliphatic rings. The topological polar surface area (TPSA) is 46.6 Å². The highest BCUT2D eigenvalue weighted by molar-refractivity contribution is 5.80. The van der Waals surface area contributed by atoms with Crippen molar-refractivity contribution < 1.29 is 14.3 Å². The van der Waals surface area contributed by atoms with Gasteiger partial charge in [0.25, 0.3) is 0 Å². The quantitative estimate of drug-likeness (QED) is 0.702. The SMILES string of the molecule is COC(=O)C(C)CN(C(=O)C1CCCCC1)C1CCCCCCC1. The summed E-state index contributed by atoms with van der Waals surface area (Å²) in [6.45, 7) is 2.41. The number of ether oxygens (including phenoxy) is 1. The summed E-state index contributed by atoms with van der Waals surface area (Å²) in [6, 6.07) is 0.312. The first-order chi connectivity index (χ1) is 11.6. The third kappa shape index (κ3) is 5.49. The molecule has 24 heavy (non-hydrogen) atoms. The van der Waals surface area contributed by atoms with Gasteiger partial charge in [-0.1, -0.05) is 58.3 Å². The molecule has 0 heterocycles.